The summed E-state index contributed by atoms with van der Waals surface area (Å²) in [5, 5.41) is 15.3. The Labute approximate surface area is 157 Å². The average Bonchev–Trinajstić information content (AvgIpc) is 3.11. The van der Waals surface area contributed by atoms with Crippen LogP contribution in [0.25, 0.3) is 28.0 Å². The molecule has 0 saturated heterocycles. The zero-order valence-electron chi connectivity index (χ0n) is 15.2. The Morgan fingerprint density at radius 1 is 0.963 bits per heavy atom. The molecule has 0 amide bonds. The zero-order valence-corrected chi connectivity index (χ0v) is 15.2. The Bertz CT molecular complexity index is 1100. The maximum absolute atomic E-state index is 9.81. The van der Waals surface area contributed by atoms with Gasteiger partial charge < -0.3 is 10.8 Å². The molecule has 6 heteroatoms. The van der Waals surface area contributed by atoms with Crippen molar-refractivity contribution >= 4 is 10.9 Å². The Morgan fingerprint density at radius 3 is 2.52 bits per heavy atom. The van der Waals surface area contributed by atoms with Crippen LogP contribution in [0, 0.1) is 0 Å². The molecule has 3 N–H and O–H groups in total. The molecular weight excluding hydrogens is 338 g/mol. The van der Waals surface area contributed by atoms with E-state index in [9.17, 15) is 5.11 Å². The first-order valence-corrected chi connectivity index (χ1v) is 8.89. The van der Waals surface area contributed by atoms with Crippen LogP contribution in [0.4, 0.5) is 0 Å². The average molecular weight is 359 g/mol. The van der Waals surface area contributed by atoms with Crippen molar-refractivity contribution in [1.82, 2.24) is 19.7 Å². The predicted molar refractivity (Wildman–Crippen MR) is 105 cm³/mol. The molecule has 2 atom stereocenters. The number of hydrogen-bond donors (Lipinski definition) is 2. The summed E-state index contributed by atoms with van der Waals surface area (Å²) in [5.41, 5.74) is 10.2. The van der Waals surface area contributed by atoms with Crippen molar-refractivity contribution < 1.29 is 5.11 Å². The van der Waals surface area contributed by atoms with E-state index < -0.39 is 6.10 Å². The highest BCUT2D eigenvalue weighted by Crippen LogP contribution is 2.25. The summed E-state index contributed by atoms with van der Waals surface area (Å²) in [4.78, 5) is 9.19. The second-order valence-electron chi connectivity index (χ2n) is 6.66. The topological polar surface area (TPSA) is 89.8 Å². The summed E-state index contributed by atoms with van der Waals surface area (Å²) in [7, 11) is 0. The predicted octanol–water partition coefficient (Wildman–Crippen LogP) is 3.56. The van der Waals surface area contributed by atoms with Gasteiger partial charge >= 0.3 is 0 Å². The van der Waals surface area contributed by atoms with Crippen LogP contribution in [0.3, 0.4) is 0 Å². The first-order valence-electron chi connectivity index (χ1n) is 8.89. The summed E-state index contributed by atoms with van der Waals surface area (Å²) in [6, 6.07) is 17.4. The second kappa shape index (κ2) is 6.90. The minimum absolute atomic E-state index is 0.119. The fourth-order valence-corrected chi connectivity index (χ4v) is 3.02. The van der Waals surface area contributed by atoms with Gasteiger partial charge in [0.25, 0.3) is 0 Å². The first-order chi connectivity index (χ1) is 13.0. The van der Waals surface area contributed by atoms with Gasteiger partial charge in [-0.15, -0.1) is 0 Å². The van der Waals surface area contributed by atoms with Crippen molar-refractivity contribution in [1.29, 1.82) is 0 Å². The number of rotatable bonds is 4. The molecule has 0 fully saturated rings. The van der Waals surface area contributed by atoms with Crippen LogP contribution in [-0.4, -0.2) is 24.9 Å². The Kier molecular flexibility index (Phi) is 4.43. The SMILES string of the molecule is C[C@H](N)c1cccc(-c2ccc3cnn(-c4cccc([C@H](C)O)n4)c3c2)n1. The normalized spacial score (nSPS) is 13.6. The van der Waals surface area contributed by atoms with Crippen molar-refractivity contribution in [2.75, 3.05) is 0 Å². The van der Waals surface area contributed by atoms with Crippen molar-refractivity contribution in [2.45, 2.75) is 26.0 Å². The van der Waals surface area contributed by atoms with Crippen molar-refractivity contribution in [2.24, 2.45) is 5.73 Å². The van der Waals surface area contributed by atoms with Gasteiger partial charge in [0.05, 0.1) is 34.9 Å². The van der Waals surface area contributed by atoms with E-state index in [1.54, 1.807) is 17.7 Å². The third kappa shape index (κ3) is 3.32. The Hall–Kier alpha value is -3.09. The van der Waals surface area contributed by atoms with Crippen LogP contribution >= 0.6 is 0 Å². The molecule has 1 aromatic carbocycles. The van der Waals surface area contributed by atoms with Crippen LogP contribution in [0.2, 0.25) is 0 Å². The zero-order chi connectivity index (χ0) is 19.0. The molecule has 0 aliphatic carbocycles. The monoisotopic (exact) mass is 359 g/mol. The lowest BCUT2D eigenvalue weighted by Gasteiger charge is -2.09. The summed E-state index contributed by atoms with van der Waals surface area (Å²) >= 11 is 0. The number of fused-ring (bicyclic) bond motifs is 1. The molecule has 27 heavy (non-hydrogen) atoms. The summed E-state index contributed by atoms with van der Waals surface area (Å²) in [6.45, 7) is 3.62. The van der Waals surface area contributed by atoms with E-state index in [4.69, 9.17) is 5.73 Å². The number of aromatic nitrogens is 4. The Morgan fingerprint density at radius 2 is 1.74 bits per heavy atom. The highest BCUT2D eigenvalue weighted by molar-refractivity contribution is 5.84. The van der Waals surface area contributed by atoms with E-state index in [0.29, 0.717) is 11.5 Å². The standard InChI is InChI=1S/C21H21N5O/c1-13(22)17-5-3-7-19(24-17)15-9-10-16-12-23-26(20(16)11-15)21-8-4-6-18(25-21)14(2)27/h3-14,27H,22H2,1-2H3/t13-,14-/m0/s1. The van der Waals surface area contributed by atoms with Gasteiger partial charge in [0, 0.05) is 17.0 Å². The van der Waals surface area contributed by atoms with E-state index >= 15 is 0 Å². The molecule has 4 aromatic rings. The highest BCUT2D eigenvalue weighted by atomic mass is 16.3. The Balaban J connectivity index is 1.82. The molecule has 0 aliphatic rings. The third-order valence-corrected chi connectivity index (χ3v) is 4.50. The smallest absolute Gasteiger partial charge is 0.154 e. The number of benzene rings is 1. The molecule has 4 rings (SSSR count). The summed E-state index contributed by atoms with van der Waals surface area (Å²) in [6.07, 6.45) is 1.18. The molecule has 3 heterocycles. The van der Waals surface area contributed by atoms with E-state index in [1.165, 1.54) is 0 Å². The lowest BCUT2D eigenvalue weighted by atomic mass is 10.1. The van der Waals surface area contributed by atoms with Gasteiger partial charge in [-0.1, -0.05) is 24.3 Å². The number of hydrogen-bond acceptors (Lipinski definition) is 5. The number of pyridine rings is 2. The van der Waals surface area contributed by atoms with Gasteiger partial charge in [-0.05, 0) is 44.2 Å². The molecule has 6 nitrogen and oxygen atoms in total. The van der Waals surface area contributed by atoms with Crippen LogP contribution in [-0.2, 0) is 0 Å². The number of nitrogens with zero attached hydrogens (tertiary/aromatic N) is 4. The first kappa shape index (κ1) is 17.3. The third-order valence-electron chi connectivity index (χ3n) is 4.50. The summed E-state index contributed by atoms with van der Waals surface area (Å²) in [5.74, 6) is 0.665. The molecule has 136 valence electrons. The molecular formula is C21H21N5O. The number of nitrogens with two attached hydrogens (primary N) is 1. The molecule has 0 saturated carbocycles. The minimum Gasteiger partial charge on any atom is -0.387 e. The quantitative estimate of drug-likeness (QED) is 0.581. The lowest BCUT2D eigenvalue weighted by molar-refractivity contribution is 0.194. The fourth-order valence-electron chi connectivity index (χ4n) is 3.02. The van der Waals surface area contributed by atoms with Crippen LogP contribution < -0.4 is 5.73 Å². The van der Waals surface area contributed by atoms with Gasteiger partial charge in [0.1, 0.15) is 0 Å². The van der Waals surface area contributed by atoms with Crippen molar-refractivity contribution in [3.05, 3.63) is 72.2 Å². The molecule has 0 radical (unpaired) electrons. The molecule has 0 aliphatic heterocycles. The van der Waals surface area contributed by atoms with Crippen LogP contribution in [0.15, 0.2) is 60.8 Å². The van der Waals surface area contributed by atoms with Crippen LogP contribution in [0.5, 0.6) is 0 Å². The van der Waals surface area contributed by atoms with E-state index in [1.807, 2.05) is 61.7 Å². The van der Waals surface area contributed by atoms with E-state index in [0.717, 1.165) is 27.9 Å². The van der Waals surface area contributed by atoms with E-state index in [2.05, 4.69) is 15.1 Å². The maximum atomic E-state index is 9.81. The second-order valence-corrected chi connectivity index (χ2v) is 6.66. The van der Waals surface area contributed by atoms with Crippen LogP contribution in [0.1, 0.15) is 37.4 Å². The number of aliphatic hydroxyl groups excluding tert-OH is 1. The van der Waals surface area contributed by atoms with Crippen molar-refractivity contribution in [3.8, 4) is 17.1 Å². The molecule has 3 aromatic heterocycles. The van der Waals surface area contributed by atoms with Crippen molar-refractivity contribution in [3.63, 3.8) is 0 Å². The maximum Gasteiger partial charge on any atom is 0.154 e. The van der Waals surface area contributed by atoms with Gasteiger partial charge in [-0.3, -0.25) is 4.98 Å². The summed E-state index contributed by atoms with van der Waals surface area (Å²) < 4.78 is 1.78. The highest BCUT2D eigenvalue weighted by Gasteiger charge is 2.11. The van der Waals surface area contributed by atoms with E-state index in [-0.39, 0.29) is 6.04 Å². The van der Waals surface area contributed by atoms with Gasteiger partial charge in [-0.25, -0.2) is 9.67 Å². The lowest BCUT2D eigenvalue weighted by Crippen LogP contribution is -2.07. The largest absolute Gasteiger partial charge is 0.387 e. The van der Waals surface area contributed by atoms with Gasteiger partial charge in [-0.2, -0.15) is 5.10 Å². The fraction of sp³-hybridized carbons (Fsp3) is 0.190. The van der Waals surface area contributed by atoms with Gasteiger partial charge in [0.2, 0.25) is 0 Å². The number of aliphatic hydroxyl groups is 1. The van der Waals surface area contributed by atoms with Gasteiger partial charge in [0.15, 0.2) is 5.82 Å². The minimum atomic E-state index is -0.632. The molecule has 0 bridgehead atoms. The molecule has 0 unspecified atom stereocenters. The molecule has 0 spiro atoms.